The molecule has 2 nitrogen and oxygen atoms in total. The monoisotopic (exact) mass is 246 g/mol. The van der Waals surface area contributed by atoms with Crippen molar-refractivity contribution in [3.63, 3.8) is 0 Å². The zero-order valence-electron chi connectivity index (χ0n) is 9.14. The van der Waals surface area contributed by atoms with Crippen LogP contribution in [0, 0.1) is 5.41 Å². The third-order valence-corrected chi connectivity index (χ3v) is 3.16. The third-order valence-electron chi connectivity index (χ3n) is 2.33. The molecule has 0 radical (unpaired) electrons. The SMILES string of the molecule is CC(C)(C)C(NN)c1cccc(Cl)c1Cl. The minimum Gasteiger partial charge on any atom is -0.271 e. The van der Waals surface area contributed by atoms with Crippen molar-refractivity contribution in [2.75, 3.05) is 0 Å². The molecule has 84 valence electrons. The summed E-state index contributed by atoms with van der Waals surface area (Å²) in [5.74, 6) is 5.56. The Kier molecular flexibility index (Phi) is 4.01. The average molecular weight is 247 g/mol. The molecule has 0 saturated heterocycles. The highest BCUT2D eigenvalue weighted by Gasteiger charge is 2.27. The Labute approximate surface area is 101 Å². The first-order chi connectivity index (χ1) is 6.88. The van der Waals surface area contributed by atoms with Crippen LogP contribution in [0.5, 0.6) is 0 Å². The van der Waals surface area contributed by atoms with E-state index in [-0.39, 0.29) is 11.5 Å². The van der Waals surface area contributed by atoms with Crippen LogP contribution < -0.4 is 11.3 Å². The van der Waals surface area contributed by atoms with E-state index in [1.807, 2.05) is 12.1 Å². The lowest BCUT2D eigenvalue weighted by atomic mass is 9.83. The van der Waals surface area contributed by atoms with E-state index >= 15 is 0 Å². The van der Waals surface area contributed by atoms with Crippen molar-refractivity contribution in [2.24, 2.45) is 11.3 Å². The van der Waals surface area contributed by atoms with Crippen molar-refractivity contribution in [1.29, 1.82) is 0 Å². The van der Waals surface area contributed by atoms with Gasteiger partial charge >= 0.3 is 0 Å². The van der Waals surface area contributed by atoms with Gasteiger partial charge in [0.15, 0.2) is 0 Å². The van der Waals surface area contributed by atoms with Gasteiger partial charge in [0.1, 0.15) is 0 Å². The molecule has 0 bridgehead atoms. The number of hydrazine groups is 1. The second-order valence-corrected chi connectivity index (χ2v) is 5.39. The molecule has 0 aromatic heterocycles. The maximum atomic E-state index is 6.15. The van der Waals surface area contributed by atoms with Crippen LogP contribution in [0.15, 0.2) is 18.2 Å². The summed E-state index contributed by atoms with van der Waals surface area (Å²) < 4.78 is 0. The Morgan fingerprint density at radius 2 is 1.87 bits per heavy atom. The molecule has 15 heavy (non-hydrogen) atoms. The smallest absolute Gasteiger partial charge is 0.0640 e. The molecule has 1 unspecified atom stereocenters. The Morgan fingerprint density at radius 1 is 1.27 bits per heavy atom. The summed E-state index contributed by atoms with van der Waals surface area (Å²) in [4.78, 5) is 0. The van der Waals surface area contributed by atoms with Crippen LogP contribution in [0.2, 0.25) is 10.0 Å². The van der Waals surface area contributed by atoms with Crippen molar-refractivity contribution in [3.05, 3.63) is 33.8 Å². The van der Waals surface area contributed by atoms with Gasteiger partial charge in [-0.2, -0.15) is 0 Å². The maximum absolute atomic E-state index is 6.15. The van der Waals surface area contributed by atoms with Gasteiger partial charge in [-0.25, -0.2) is 0 Å². The Hall–Kier alpha value is -0.280. The first-order valence-electron chi connectivity index (χ1n) is 4.78. The second kappa shape index (κ2) is 4.71. The summed E-state index contributed by atoms with van der Waals surface area (Å²) in [6, 6.07) is 5.55. The van der Waals surface area contributed by atoms with Gasteiger partial charge in [0, 0.05) is 0 Å². The van der Waals surface area contributed by atoms with E-state index in [1.165, 1.54) is 0 Å². The lowest BCUT2D eigenvalue weighted by Crippen LogP contribution is -2.37. The normalized spacial score (nSPS) is 14.0. The van der Waals surface area contributed by atoms with Gasteiger partial charge in [0.2, 0.25) is 0 Å². The molecular weight excluding hydrogens is 231 g/mol. The van der Waals surface area contributed by atoms with Gasteiger partial charge in [-0.3, -0.25) is 11.3 Å². The standard InChI is InChI=1S/C11H16Cl2N2/c1-11(2,3)10(15-14)7-5-4-6-8(12)9(7)13/h4-6,10,15H,14H2,1-3H3. The Balaban J connectivity index is 3.19. The molecular formula is C11H16Cl2N2. The van der Waals surface area contributed by atoms with Crippen LogP contribution in [0.4, 0.5) is 0 Å². The van der Waals surface area contributed by atoms with E-state index in [9.17, 15) is 0 Å². The predicted molar refractivity (Wildman–Crippen MR) is 66.0 cm³/mol. The first-order valence-corrected chi connectivity index (χ1v) is 5.53. The van der Waals surface area contributed by atoms with E-state index in [1.54, 1.807) is 6.07 Å². The van der Waals surface area contributed by atoms with E-state index in [0.717, 1.165) is 5.56 Å². The van der Waals surface area contributed by atoms with E-state index in [2.05, 4.69) is 26.2 Å². The van der Waals surface area contributed by atoms with Crippen molar-refractivity contribution in [2.45, 2.75) is 26.8 Å². The van der Waals surface area contributed by atoms with Crippen LogP contribution in [0.25, 0.3) is 0 Å². The second-order valence-electron chi connectivity index (χ2n) is 4.61. The topological polar surface area (TPSA) is 38.0 Å². The Morgan fingerprint density at radius 3 is 2.33 bits per heavy atom. The highest BCUT2D eigenvalue weighted by molar-refractivity contribution is 6.42. The molecule has 0 aliphatic heterocycles. The highest BCUT2D eigenvalue weighted by Crippen LogP contribution is 2.38. The largest absolute Gasteiger partial charge is 0.271 e. The van der Waals surface area contributed by atoms with E-state index in [4.69, 9.17) is 29.0 Å². The minimum absolute atomic E-state index is 0.0244. The molecule has 0 amide bonds. The molecule has 1 atom stereocenters. The van der Waals surface area contributed by atoms with Gasteiger partial charge in [-0.05, 0) is 17.0 Å². The third kappa shape index (κ3) is 2.85. The van der Waals surface area contributed by atoms with Crippen LogP contribution in [0.3, 0.4) is 0 Å². The van der Waals surface area contributed by atoms with E-state index < -0.39 is 0 Å². The molecule has 3 N–H and O–H groups in total. The molecule has 0 saturated carbocycles. The number of hydrogen-bond acceptors (Lipinski definition) is 2. The molecule has 4 heteroatoms. The fourth-order valence-electron chi connectivity index (χ4n) is 1.55. The highest BCUT2D eigenvalue weighted by atomic mass is 35.5. The number of rotatable bonds is 2. The summed E-state index contributed by atoms with van der Waals surface area (Å²) in [5, 5.41) is 1.12. The lowest BCUT2D eigenvalue weighted by Gasteiger charge is -2.31. The quantitative estimate of drug-likeness (QED) is 0.619. The fourth-order valence-corrected chi connectivity index (χ4v) is 1.97. The molecule has 1 aromatic rings. The van der Waals surface area contributed by atoms with Crippen LogP contribution in [0.1, 0.15) is 32.4 Å². The summed E-state index contributed by atoms with van der Waals surface area (Å²) in [6.07, 6.45) is 0. The zero-order valence-corrected chi connectivity index (χ0v) is 10.7. The molecule has 0 heterocycles. The van der Waals surface area contributed by atoms with Crippen molar-refractivity contribution in [3.8, 4) is 0 Å². The number of halogens is 2. The van der Waals surface area contributed by atoms with Crippen molar-refractivity contribution < 1.29 is 0 Å². The van der Waals surface area contributed by atoms with Crippen molar-refractivity contribution in [1.82, 2.24) is 5.43 Å². The number of nitrogens with one attached hydrogen (secondary N) is 1. The maximum Gasteiger partial charge on any atom is 0.0640 e. The fraction of sp³-hybridized carbons (Fsp3) is 0.455. The zero-order chi connectivity index (χ0) is 11.6. The minimum atomic E-state index is -0.0247. The predicted octanol–water partition coefficient (Wildman–Crippen LogP) is 3.54. The summed E-state index contributed by atoms with van der Waals surface area (Å²) in [6.45, 7) is 6.28. The Bertz CT molecular complexity index is 345. The number of hydrogen-bond donors (Lipinski definition) is 2. The average Bonchev–Trinajstić information content (AvgIpc) is 2.11. The van der Waals surface area contributed by atoms with Gasteiger partial charge in [-0.15, -0.1) is 0 Å². The van der Waals surface area contributed by atoms with Crippen LogP contribution >= 0.6 is 23.2 Å². The molecule has 0 aliphatic carbocycles. The van der Waals surface area contributed by atoms with Gasteiger partial charge in [0.05, 0.1) is 16.1 Å². The van der Waals surface area contributed by atoms with Crippen LogP contribution in [-0.2, 0) is 0 Å². The van der Waals surface area contributed by atoms with Gasteiger partial charge in [-0.1, -0.05) is 56.1 Å². The molecule has 1 rings (SSSR count). The summed E-state index contributed by atoms with van der Waals surface area (Å²) in [5.41, 5.74) is 3.69. The summed E-state index contributed by atoms with van der Waals surface area (Å²) in [7, 11) is 0. The molecule has 1 aromatic carbocycles. The number of nitrogens with two attached hydrogens (primary N) is 1. The van der Waals surface area contributed by atoms with E-state index in [0.29, 0.717) is 10.0 Å². The molecule has 0 fully saturated rings. The van der Waals surface area contributed by atoms with Crippen LogP contribution in [-0.4, -0.2) is 0 Å². The molecule has 0 aliphatic rings. The lowest BCUT2D eigenvalue weighted by molar-refractivity contribution is 0.275. The van der Waals surface area contributed by atoms with Crippen molar-refractivity contribution >= 4 is 23.2 Å². The summed E-state index contributed by atoms with van der Waals surface area (Å²) >= 11 is 12.1. The van der Waals surface area contributed by atoms with Gasteiger partial charge in [0.25, 0.3) is 0 Å². The van der Waals surface area contributed by atoms with Gasteiger partial charge < -0.3 is 0 Å². The number of benzene rings is 1. The first kappa shape index (κ1) is 12.8. The molecule has 0 spiro atoms.